The van der Waals surface area contributed by atoms with Gasteiger partial charge in [-0.25, -0.2) is 13.6 Å². The minimum absolute atomic E-state index is 0.104. The van der Waals surface area contributed by atoms with E-state index in [-0.39, 0.29) is 42.5 Å². The molecule has 1 amide bonds. The number of ether oxygens (including phenoxy) is 4. The Morgan fingerprint density at radius 1 is 1.07 bits per heavy atom. The standard InChI is InChI=1S/C31H25F2N3O7S/c1-40-31(39)43-16-42-28-23(37)10-11-35-27(28)30(38)34-12-13-41-14-24(34)36(35)26-19-8-9-22(32)25(33)21(19)15-44-29-18-5-3-2-4-17(18)6-7-20(26)29/h2-11,24,26H,12-16H2,1H3/t24-,26+/m1/s1. The van der Waals surface area contributed by atoms with Crippen molar-refractivity contribution in [3.05, 3.63) is 105 Å². The van der Waals surface area contributed by atoms with Crippen molar-refractivity contribution in [2.24, 2.45) is 0 Å². The molecule has 13 heteroatoms. The van der Waals surface area contributed by atoms with E-state index in [0.29, 0.717) is 5.56 Å². The highest BCUT2D eigenvalue weighted by atomic mass is 32.2. The molecule has 0 saturated carbocycles. The summed E-state index contributed by atoms with van der Waals surface area (Å²) in [4.78, 5) is 41.1. The van der Waals surface area contributed by atoms with Crippen molar-refractivity contribution in [1.82, 2.24) is 9.58 Å². The Morgan fingerprint density at radius 2 is 1.89 bits per heavy atom. The number of amides is 1. The van der Waals surface area contributed by atoms with E-state index in [2.05, 4.69) is 4.74 Å². The molecule has 0 bridgehead atoms. The van der Waals surface area contributed by atoms with Gasteiger partial charge in [0.15, 0.2) is 17.3 Å². The van der Waals surface area contributed by atoms with Gasteiger partial charge in [0, 0.05) is 35.0 Å². The summed E-state index contributed by atoms with van der Waals surface area (Å²) >= 11 is 1.42. The number of pyridine rings is 1. The van der Waals surface area contributed by atoms with Crippen LogP contribution in [0.2, 0.25) is 0 Å². The van der Waals surface area contributed by atoms with Crippen LogP contribution in [0.1, 0.15) is 33.2 Å². The topological polar surface area (TPSA) is 99.5 Å². The Labute approximate surface area is 253 Å². The Balaban J connectivity index is 1.48. The van der Waals surface area contributed by atoms with Gasteiger partial charge in [-0.15, -0.1) is 11.8 Å². The van der Waals surface area contributed by atoms with Crippen LogP contribution in [0, 0.1) is 11.6 Å². The first kappa shape index (κ1) is 28.2. The molecule has 0 unspecified atom stereocenters. The number of thioether (sulfide) groups is 1. The van der Waals surface area contributed by atoms with Gasteiger partial charge >= 0.3 is 6.16 Å². The second kappa shape index (κ2) is 11.1. The zero-order chi connectivity index (χ0) is 30.5. The van der Waals surface area contributed by atoms with Crippen LogP contribution < -0.4 is 15.2 Å². The number of methoxy groups -OCH3 is 1. The Kier molecular flexibility index (Phi) is 7.13. The molecule has 0 radical (unpaired) electrons. The normalized spacial score (nSPS) is 18.9. The first-order chi connectivity index (χ1) is 21.4. The lowest BCUT2D eigenvalue weighted by molar-refractivity contribution is -0.0209. The maximum atomic E-state index is 15.6. The molecule has 44 heavy (non-hydrogen) atoms. The minimum Gasteiger partial charge on any atom is -0.451 e. The minimum atomic E-state index is -1.03. The predicted molar refractivity (Wildman–Crippen MR) is 155 cm³/mol. The molecule has 3 aliphatic rings. The number of morpholine rings is 1. The van der Waals surface area contributed by atoms with Gasteiger partial charge in [0.1, 0.15) is 6.17 Å². The fourth-order valence-electron chi connectivity index (χ4n) is 6.10. The van der Waals surface area contributed by atoms with Crippen molar-refractivity contribution in [2.75, 3.05) is 38.7 Å². The first-order valence-electron chi connectivity index (χ1n) is 13.8. The quantitative estimate of drug-likeness (QED) is 0.240. The summed E-state index contributed by atoms with van der Waals surface area (Å²) in [6, 6.07) is 14.9. The van der Waals surface area contributed by atoms with Gasteiger partial charge in [-0.2, -0.15) is 0 Å². The number of carbonyl (C=O) groups excluding carboxylic acids is 2. The van der Waals surface area contributed by atoms with Crippen LogP contribution in [0.25, 0.3) is 10.8 Å². The van der Waals surface area contributed by atoms with Crippen molar-refractivity contribution in [2.45, 2.75) is 22.9 Å². The summed E-state index contributed by atoms with van der Waals surface area (Å²) in [5.74, 6) is -2.55. The Hall–Kier alpha value is -4.62. The fraction of sp³-hybridized carbons (Fsp3) is 0.258. The maximum Gasteiger partial charge on any atom is 0.510 e. The SMILES string of the molecule is COC(=O)OCOc1c2n(ccc1=O)N([C@H]1c3ccc(F)c(F)c3CSc3c1ccc1ccccc31)[C@@H]1COCCN1C2=O. The third kappa shape index (κ3) is 4.46. The number of rotatable bonds is 4. The van der Waals surface area contributed by atoms with E-state index in [9.17, 15) is 18.8 Å². The van der Waals surface area contributed by atoms with E-state index in [1.165, 1.54) is 28.7 Å². The fourth-order valence-corrected chi connectivity index (χ4v) is 7.37. The molecule has 10 nitrogen and oxygen atoms in total. The molecule has 2 atom stereocenters. The molecule has 0 spiro atoms. The predicted octanol–water partition coefficient (Wildman–Crippen LogP) is 4.54. The third-order valence-electron chi connectivity index (χ3n) is 8.06. The van der Waals surface area contributed by atoms with Crippen LogP contribution in [0.3, 0.4) is 0 Å². The molecule has 4 heterocycles. The lowest BCUT2D eigenvalue weighted by Crippen LogP contribution is -2.66. The molecule has 226 valence electrons. The van der Waals surface area contributed by atoms with E-state index in [1.54, 1.807) is 11.0 Å². The lowest BCUT2D eigenvalue weighted by Gasteiger charge is -2.51. The van der Waals surface area contributed by atoms with E-state index >= 15 is 4.39 Å². The number of hydrogen-bond acceptors (Lipinski definition) is 9. The Morgan fingerprint density at radius 3 is 2.73 bits per heavy atom. The van der Waals surface area contributed by atoms with E-state index in [4.69, 9.17) is 14.2 Å². The highest BCUT2D eigenvalue weighted by Crippen LogP contribution is 2.47. The number of carbonyl (C=O) groups is 2. The average molecular weight is 622 g/mol. The molecule has 3 aliphatic heterocycles. The van der Waals surface area contributed by atoms with Crippen LogP contribution in [-0.4, -0.2) is 61.5 Å². The summed E-state index contributed by atoms with van der Waals surface area (Å²) < 4.78 is 52.5. The van der Waals surface area contributed by atoms with Crippen LogP contribution in [0.4, 0.5) is 13.6 Å². The van der Waals surface area contributed by atoms with Gasteiger partial charge in [0.25, 0.3) is 5.91 Å². The molecular formula is C31H25F2N3O7S. The molecule has 0 aliphatic carbocycles. The largest absolute Gasteiger partial charge is 0.510 e. The second-order valence-electron chi connectivity index (χ2n) is 10.3. The van der Waals surface area contributed by atoms with Gasteiger partial charge in [0.05, 0.1) is 26.4 Å². The number of halogens is 2. The number of fused-ring (bicyclic) bond motifs is 6. The van der Waals surface area contributed by atoms with Gasteiger partial charge in [-0.1, -0.05) is 42.5 Å². The van der Waals surface area contributed by atoms with Crippen LogP contribution >= 0.6 is 11.8 Å². The summed E-state index contributed by atoms with van der Waals surface area (Å²) in [6.45, 7) is -0.101. The average Bonchev–Trinajstić information content (AvgIpc) is 3.21. The van der Waals surface area contributed by atoms with E-state index in [0.717, 1.165) is 34.4 Å². The van der Waals surface area contributed by atoms with Crippen molar-refractivity contribution < 1.29 is 37.3 Å². The van der Waals surface area contributed by atoms with Gasteiger partial charge in [0.2, 0.25) is 18.0 Å². The smallest absolute Gasteiger partial charge is 0.451 e. The molecule has 7 rings (SSSR count). The molecule has 3 aromatic carbocycles. The van der Waals surface area contributed by atoms with Crippen LogP contribution in [0.15, 0.2) is 70.5 Å². The number of aromatic nitrogens is 1. The zero-order valence-corrected chi connectivity index (χ0v) is 24.1. The molecule has 1 aromatic heterocycles. The van der Waals surface area contributed by atoms with Crippen molar-refractivity contribution in [1.29, 1.82) is 0 Å². The molecular weight excluding hydrogens is 596 g/mol. The van der Waals surface area contributed by atoms with E-state index < -0.39 is 48.1 Å². The second-order valence-corrected chi connectivity index (χ2v) is 11.3. The highest BCUT2D eigenvalue weighted by molar-refractivity contribution is 7.98. The van der Waals surface area contributed by atoms with Crippen molar-refractivity contribution in [3.63, 3.8) is 0 Å². The van der Waals surface area contributed by atoms with Crippen molar-refractivity contribution >= 4 is 34.6 Å². The Bertz CT molecular complexity index is 1880. The number of hydrogen-bond donors (Lipinski definition) is 0. The third-order valence-corrected chi connectivity index (χ3v) is 9.24. The molecule has 4 aromatic rings. The first-order valence-corrected chi connectivity index (χ1v) is 14.8. The summed E-state index contributed by atoms with van der Waals surface area (Å²) in [6.07, 6.45) is -0.256. The summed E-state index contributed by atoms with van der Waals surface area (Å²) in [5, 5.41) is 3.78. The monoisotopic (exact) mass is 621 g/mol. The van der Waals surface area contributed by atoms with Gasteiger partial charge < -0.3 is 23.8 Å². The lowest BCUT2D eigenvalue weighted by atomic mass is 9.91. The molecule has 1 saturated heterocycles. The highest BCUT2D eigenvalue weighted by Gasteiger charge is 2.46. The van der Waals surface area contributed by atoms with Gasteiger partial charge in [-0.3, -0.25) is 19.3 Å². The number of benzene rings is 3. The maximum absolute atomic E-state index is 15.6. The van der Waals surface area contributed by atoms with Crippen LogP contribution in [0.5, 0.6) is 5.75 Å². The zero-order valence-electron chi connectivity index (χ0n) is 23.3. The summed E-state index contributed by atoms with van der Waals surface area (Å²) in [5.41, 5.74) is 0.797. The molecule has 1 fully saturated rings. The van der Waals surface area contributed by atoms with Gasteiger partial charge in [-0.05, 0) is 28.0 Å². The number of nitrogens with zero attached hydrogens (tertiary/aromatic N) is 3. The summed E-state index contributed by atoms with van der Waals surface area (Å²) in [7, 11) is 1.13. The molecule has 0 N–H and O–H groups in total. The van der Waals surface area contributed by atoms with E-state index in [1.807, 2.05) is 41.4 Å². The van der Waals surface area contributed by atoms with Crippen molar-refractivity contribution in [3.8, 4) is 5.75 Å². The van der Waals surface area contributed by atoms with Crippen LogP contribution in [-0.2, 0) is 20.0 Å².